The Hall–Kier alpha value is -0.520. The van der Waals surface area contributed by atoms with Crippen molar-refractivity contribution in [3.8, 4) is 0 Å². The van der Waals surface area contributed by atoms with Gasteiger partial charge in [0.2, 0.25) is 0 Å². The van der Waals surface area contributed by atoms with E-state index in [9.17, 15) is 0 Å². The first-order chi connectivity index (χ1) is 3.97. The lowest BCUT2D eigenvalue weighted by Gasteiger charge is -2.21. The molecular formula is C8H10. The lowest BCUT2D eigenvalue weighted by atomic mass is 9.85. The Balaban J connectivity index is 2.20. The molecule has 0 unspecified atom stereocenters. The largest absolute Gasteiger partial charge is 0.0585 e. The van der Waals surface area contributed by atoms with E-state index in [0.717, 1.165) is 0 Å². The maximum Gasteiger partial charge on any atom is -0.0276 e. The van der Waals surface area contributed by atoms with Crippen LogP contribution < -0.4 is 0 Å². The molecule has 0 radical (unpaired) electrons. The lowest BCUT2D eigenvalue weighted by molar-refractivity contribution is 0.682. The summed E-state index contributed by atoms with van der Waals surface area (Å²) >= 11 is 0. The molecule has 2 aliphatic rings. The molecule has 0 amide bonds. The zero-order chi connectivity index (χ0) is 5.40. The Labute approximate surface area is 49.9 Å². The molecular weight excluding hydrogens is 96.1 g/mol. The number of allylic oxidation sites excluding steroid dienone is 4. The van der Waals surface area contributed by atoms with Gasteiger partial charge in [-0.25, -0.2) is 0 Å². The van der Waals surface area contributed by atoms with Crippen LogP contribution in [0.4, 0.5) is 0 Å². The van der Waals surface area contributed by atoms with Crippen molar-refractivity contribution in [1.82, 2.24) is 0 Å². The summed E-state index contributed by atoms with van der Waals surface area (Å²) in [6.45, 7) is 0. The van der Waals surface area contributed by atoms with Gasteiger partial charge in [0.15, 0.2) is 0 Å². The van der Waals surface area contributed by atoms with E-state index in [0.29, 0.717) is 0 Å². The molecule has 0 heteroatoms. The molecule has 0 aromatic carbocycles. The molecule has 0 heterocycles. The average Bonchev–Trinajstić information content (AvgIpc) is 1.72. The van der Waals surface area contributed by atoms with Gasteiger partial charge in [-0.3, -0.25) is 0 Å². The Bertz CT molecular complexity index is 143. The zero-order valence-corrected chi connectivity index (χ0v) is 4.98. The fraction of sp³-hybridized carbons (Fsp3) is 0.500. The quantitative estimate of drug-likeness (QED) is 0.445. The van der Waals surface area contributed by atoms with Crippen molar-refractivity contribution in [2.24, 2.45) is 0 Å². The van der Waals surface area contributed by atoms with Gasteiger partial charge in [-0.15, -0.1) is 0 Å². The Morgan fingerprint density at radius 3 is 1.62 bits per heavy atom. The third-order valence-corrected chi connectivity index (χ3v) is 2.04. The number of rotatable bonds is 0. The first kappa shape index (κ1) is 4.37. The van der Waals surface area contributed by atoms with Crippen molar-refractivity contribution in [3.05, 3.63) is 23.3 Å². The predicted octanol–water partition coefficient (Wildman–Crippen LogP) is 2.43. The number of hydrogen-bond donors (Lipinski definition) is 0. The maximum atomic E-state index is 2.26. The Morgan fingerprint density at radius 1 is 0.875 bits per heavy atom. The molecule has 2 rings (SSSR count). The molecule has 0 spiro atoms. The first-order valence-corrected chi connectivity index (χ1v) is 3.37. The van der Waals surface area contributed by atoms with Gasteiger partial charge < -0.3 is 0 Å². The van der Waals surface area contributed by atoms with Gasteiger partial charge in [-0.05, 0) is 36.8 Å². The summed E-state index contributed by atoms with van der Waals surface area (Å²) < 4.78 is 0. The molecule has 0 N–H and O–H groups in total. The van der Waals surface area contributed by atoms with Gasteiger partial charge in [0, 0.05) is 0 Å². The minimum absolute atomic E-state index is 1.35. The summed E-state index contributed by atoms with van der Waals surface area (Å²) in [5, 5.41) is 0. The van der Waals surface area contributed by atoms with Gasteiger partial charge >= 0.3 is 0 Å². The van der Waals surface area contributed by atoms with Crippen molar-refractivity contribution in [2.45, 2.75) is 25.7 Å². The third-order valence-electron chi connectivity index (χ3n) is 2.04. The standard InChI is InChI=1S/C8H10/c1-2-4-8-6-5-7(8)3-1/h5-6H,1-4H2. The van der Waals surface area contributed by atoms with E-state index >= 15 is 0 Å². The van der Waals surface area contributed by atoms with Gasteiger partial charge in [0.05, 0.1) is 0 Å². The summed E-state index contributed by atoms with van der Waals surface area (Å²) in [6.07, 6.45) is 10.1. The molecule has 0 bridgehead atoms. The maximum absolute atomic E-state index is 2.26. The molecule has 8 heavy (non-hydrogen) atoms. The van der Waals surface area contributed by atoms with Crippen LogP contribution in [0.15, 0.2) is 23.3 Å². The van der Waals surface area contributed by atoms with Crippen molar-refractivity contribution in [2.75, 3.05) is 0 Å². The van der Waals surface area contributed by atoms with Crippen LogP contribution in [0.5, 0.6) is 0 Å². The Kier molecular flexibility index (Phi) is 0.806. The highest BCUT2D eigenvalue weighted by Crippen LogP contribution is 2.32. The molecule has 0 aliphatic heterocycles. The van der Waals surface area contributed by atoms with E-state index in [1.165, 1.54) is 25.7 Å². The minimum atomic E-state index is 1.35. The van der Waals surface area contributed by atoms with E-state index in [4.69, 9.17) is 0 Å². The highest BCUT2D eigenvalue weighted by atomic mass is 14.2. The van der Waals surface area contributed by atoms with Gasteiger partial charge in [0.1, 0.15) is 0 Å². The van der Waals surface area contributed by atoms with Crippen LogP contribution in [-0.2, 0) is 0 Å². The molecule has 0 saturated heterocycles. The topological polar surface area (TPSA) is 0 Å². The van der Waals surface area contributed by atoms with E-state index < -0.39 is 0 Å². The van der Waals surface area contributed by atoms with E-state index in [-0.39, 0.29) is 0 Å². The van der Waals surface area contributed by atoms with Gasteiger partial charge in [0.25, 0.3) is 0 Å². The highest BCUT2D eigenvalue weighted by Gasteiger charge is 2.12. The lowest BCUT2D eigenvalue weighted by Crippen LogP contribution is -2.01. The van der Waals surface area contributed by atoms with Crippen LogP contribution in [-0.4, -0.2) is 0 Å². The third kappa shape index (κ3) is 0.459. The van der Waals surface area contributed by atoms with Crippen molar-refractivity contribution < 1.29 is 0 Å². The van der Waals surface area contributed by atoms with E-state index in [1.54, 1.807) is 11.1 Å². The predicted molar refractivity (Wildman–Crippen MR) is 34.6 cm³/mol. The molecule has 0 aromatic rings. The first-order valence-electron chi connectivity index (χ1n) is 3.37. The number of hydrogen-bond acceptors (Lipinski definition) is 0. The fourth-order valence-electron chi connectivity index (χ4n) is 1.44. The second-order valence-electron chi connectivity index (χ2n) is 2.59. The summed E-state index contributed by atoms with van der Waals surface area (Å²) in [4.78, 5) is 0. The molecule has 0 atom stereocenters. The monoisotopic (exact) mass is 106 g/mol. The highest BCUT2D eigenvalue weighted by molar-refractivity contribution is 5.45. The second kappa shape index (κ2) is 1.48. The Morgan fingerprint density at radius 2 is 1.38 bits per heavy atom. The van der Waals surface area contributed by atoms with Crippen molar-refractivity contribution in [3.63, 3.8) is 0 Å². The van der Waals surface area contributed by atoms with Gasteiger partial charge in [-0.2, -0.15) is 0 Å². The molecule has 0 aromatic heterocycles. The average molecular weight is 106 g/mol. The van der Waals surface area contributed by atoms with Gasteiger partial charge in [-0.1, -0.05) is 12.2 Å². The van der Waals surface area contributed by atoms with Crippen molar-refractivity contribution >= 4 is 0 Å². The smallest absolute Gasteiger partial charge is 0.0276 e. The minimum Gasteiger partial charge on any atom is -0.0585 e. The molecule has 0 saturated carbocycles. The van der Waals surface area contributed by atoms with Crippen LogP contribution in [0.25, 0.3) is 0 Å². The van der Waals surface area contributed by atoms with Crippen LogP contribution in [0, 0.1) is 0 Å². The van der Waals surface area contributed by atoms with E-state index in [2.05, 4.69) is 12.2 Å². The molecule has 42 valence electrons. The summed E-state index contributed by atoms with van der Waals surface area (Å²) in [7, 11) is 0. The van der Waals surface area contributed by atoms with Crippen LogP contribution >= 0.6 is 0 Å². The molecule has 2 aliphatic carbocycles. The normalized spacial score (nSPS) is 25.0. The van der Waals surface area contributed by atoms with Crippen molar-refractivity contribution in [1.29, 1.82) is 0 Å². The molecule has 0 fully saturated rings. The van der Waals surface area contributed by atoms with Crippen LogP contribution in [0.1, 0.15) is 25.7 Å². The second-order valence-corrected chi connectivity index (χ2v) is 2.59. The summed E-state index contributed by atoms with van der Waals surface area (Å²) in [5.74, 6) is 0. The van der Waals surface area contributed by atoms with Crippen LogP contribution in [0.3, 0.4) is 0 Å². The SMILES string of the molecule is C1=CC2=C1CCCC2. The summed E-state index contributed by atoms with van der Waals surface area (Å²) in [5.41, 5.74) is 3.27. The fourth-order valence-corrected chi connectivity index (χ4v) is 1.44. The van der Waals surface area contributed by atoms with Crippen LogP contribution in [0.2, 0.25) is 0 Å². The summed E-state index contributed by atoms with van der Waals surface area (Å²) in [6, 6.07) is 0. The van der Waals surface area contributed by atoms with E-state index in [1.807, 2.05) is 0 Å². The zero-order valence-electron chi connectivity index (χ0n) is 4.98. The molecule has 0 nitrogen and oxygen atoms in total.